The second-order valence-electron chi connectivity index (χ2n) is 12.6. The molecule has 0 bridgehead atoms. The Bertz CT molecular complexity index is 1350. The van der Waals surface area contributed by atoms with Crippen molar-refractivity contribution in [2.45, 2.75) is 76.2 Å². The van der Waals surface area contributed by atoms with E-state index in [4.69, 9.17) is 28.8 Å². The molecule has 43 heavy (non-hydrogen) atoms. The van der Waals surface area contributed by atoms with E-state index in [1.54, 1.807) is 44.2 Å². The predicted octanol–water partition coefficient (Wildman–Crippen LogP) is 2.46. The number of rotatable bonds is 10. The van der Waals surface area contributed by atoms with Crippen molar-refractivity contribution in [3.05, 3.63) is 53.1 Å². The summed E-state index contributed by atoms with van der Waals surface area (Å²) < 4.78 is 29.5. The summed E-state index contributed by atoms with van der Waals surface area (Å²) in [5, 5.41) is 11.8. The highest BCUT2D eigenvalue weighted by molar-refractivity contribution is 5.94. The van der Waals surface area contributed by atoms with Gasteiger partial charge in [-0.25, -0.2) is 14.4 Å². The molecule has 3 aliphatic carbocycles. The van der Waals surface area contributed by atoms with Crippen molar-refractivity contribution < 1.29 is 48.0 Å². The molecule has 230 valence electrons. The van der Waals surface area contributed by atoms with Crippen molar-refractivity contribution in [3.8, 4) is 0 Å². The van der Waals surface area contributed by atoms with Crippen LogP contribution in [0.15, 0.2) is 42.0 Å². The van der Waals surface area contributed by atoms with Gasteiger partial charge in [-0.1, -0.05) is 26.0 Å². The molecule has 2 aliphatic heterocycles. The van der Waals surface area contributed by atoms with Crippen molar-refractivity contribution in [2.75, 3.05) is 19.8 Å². The maximum atomic E-state index is 13.4. The van der Waals surface area contributed by atoms with Crippen LogP contribution in [0, 0.1) is 17.3 Å². The van der Waals surface area contributed by atoms with Crippen molar-refractivity contribution in [1.82, 2.24) is 5.32 Å². The number of carbonyl (C=O) groups excluding carboxylic acids is 4. The van der Waals surface area contributed by atoms with Gasteiger partial charge in [-0.3, -0.25) is 4.79 Å². The number of fused-ring (bicyclic) bond motifs is 1. The summed E-state index contributed by atoms with van der Waals surface area (Å²) in [4.78, 5) is 50.6. The quantitative estimate of drug-likeness (QED) is 0.235. The van der Waals surface area contributed by atoms with Gasteiger partial charge >= 0.3 is 17.9 Å². The van der Waals surface area contributed by atoms with Crippen LogP contribution >= 0.6 is 0 Å². The highest BCUT2D eigenvalue weighted by Gasteiger charge is 2.64. The number of nitrogens with one attached hydrogen (secondary N) is 1. The van der Waals surface area contributed by atoms with E-state index in [-0.39, 0.29) is 37.6 Å². The maximum Gasteiger partial charge on any atom is 0.348 e. The molecule has 1 aromatic carbocycles. The minimum Gasteiger partial charge on any atom is -0.462 e. The molecule has 4 unspecified atom stereocenters. The number of hydrogen-bond donors (Lipinski definition) is 2. The van der Waals surface area contributed by atoms with E-state index in [1.807, 2.05) is 0 Å². The third kappa shape index (κ3) is 6.11. The Balaban J connectivity index is 1.15. The van der Waals surface area contributed by atoms with Crippen molar-refractivity contribution in [1.29, 1.82) is 0 Å². The van der Waals surface area contributed by atoms with E-state index in [1.165, 1.54) is 12.2 Å². The molecule has 11 nitrogen and oxygen atoms in total. The Morgan fingerprint density at radius 2 is 1.84 bits per heavy atom. The Kier molecular flexibility index (Phi) is 7.91. The lowest BCUT2D eigenvalue weighted by Crippen LogP contribution is -2.44. The largest absolute Gasteiger partial charge is 0.462 e. The molecule has 4 atom stereocenters. The van der Waals surface area contributed by atoms with Crippen LogP contribution in [-0.2, 0) is 38.1 Å². The van der Waals surface area contributed by atoms with Gasteiger partial charge in [-0.2, -0.15) is 0 Å². The maximum absolute atomic E-state index is 13.4. The molecule has 1 amide bonds. The highest BCUT2D eigenvalue weighted by Crippen LogP contribution is 2.59. The molecule has 2 heterocycles. The number of amides is 1. The molecule has 6 rings (SSSR count). The third-order valence-corrected chi connectivity index (χ3v) is 8.64. The molecule has 0 radical (unpaired) electrons. The summed E-state index contributed by atoms with van der Waals surface area (Å²) in [5.41, 5.74) is 0.597. The van der Waals surface area contributed by atoms with Crippen molar-refractivity contribution in [2.24, 2.45) is 17.3 Å². The summed E-state index contributed by atoms with van der Waals surface area (Å²) in [6, 6.07) is 6.56. The lowest BCUT2D eigenvalue weighted by atomic mass is 9.90. The standard InChI is InChI=1S/C32H37NO10/c1-31(2)17-39-30(38)27(31)41-25(35)11-6-18-4-3-5-19(14-18)29(37)40-23-15-20(28(36)33-12-13-34)16-24-26(23)43-32(42-24,21-7-8-21)22-9-10-22/h3-6,11,14,16,21-24,26-27,34H,7-10,12-13,15,17H2,1-2H3,(H,33,36). The van der Waals surface area contributed by atoms with E-state index >= 15 is 0 Å². The van der Waals surface area contributed by atoms with Gasteiger partial charge < -0.3 is 34.1 Å². The lowest BCUT2D eigenvalue weighted by Gasteiger charge is -2.31. The van der Waals surface area contributed by atoms with Gasteiger partial charge in [0.15, 0.2) is 5.79 Å². The van der Waals surface area contributed by atoms with Gasteiger partial charge in [0, 0.05) is 41.9 Å². The zero-order valence-electron chi connectivity index (χ0n) is 24.3. The molecule has 5 aliphatic rings. The van der Waals surface area contributed by atoms with Crippen molar-refractivity contribution >= 4 is 29.9 Å². The monoisotopic (exact) mass is 595 g/mol. The zero-order valence-corrected chi connectivity index (χ0v) is 24.3. The summed E-state index contributed by atoms with van der Waals surface area (Å²) in [6.07, 6.45) is 5.82. The summed E-state index contributed by atoms with van der Waals surface area (Å²) >= 11 is 0. The van der Waals surface area contributed by atoms with Crippen LogP contribution in [0.2, 0.25) is 0 Å². The van der Waals surface area contributed by atoms with Crippen LogP contribution < -0.4 is 5.32 Å². The van der Waals surface area contributed by atoms with Crippen LogP contribution in [-0.4, -0.2) is 78.9 Å². The number of hydrogen-bond acceptors (Lipinski definition) is 10. The highest BCUT2D eigenvalue weighted by atomic mass is 16.8. The van der Waals surface area contributed by atoms with Gasteiger partial charge in [-0.15, -0.1) is 0 Å². The molecule has 4 fully saturated rings. The van der Waals surface area contributed by atoms with Gasteiger partial charge in [0.25, 0.3) is 0 Å². The molecule has 2 saturated heterocycles. The smallest absolute Gasteiger partial charge is 0.348 e. The Labute approximate surface area is 249 Å². The Hall–Kier alpha value is -3.54. The molecular formula is C32H37NO10. The second-order valence-corrected chi connectivity index (χ2v) is 12.6. The number of carbonyl (C=O) groups is 4. The first-order valence-electron chi connectivity index (χ1n) is 14.9. The minimum absolute atomic E-state index is 0.108. The number of aliphatic hydroxyl groups excluding tert-OH is 1. The van der Waals surface area contributed by atoms with Crippen LogP contribution in [0.5, 0.6) is 0 Å². The Morgan fingerprint density at radius 1 is 1.09 bits per heavy atom. The molecule has 11 heteroatoms. The SMILES string of the molecule is CC1(C)COC(=O)C1OC(=O)C=Cc1cccc(C(=O)OC2CC(C(=O)NCCO)=CC3OC(C4CC4)(C4CC4)OC32)c1. The fraction of sp³-hybridized carbons (Fsp3) is 0.562. The summed E-state index contributed by atoms with van der Waals surface area (Å²) in [5.74, 6) is -2.35. The van der Waals surface area contributed by atoms with E-state index in [0.29, 0.717) is 23.0 Å². The molecule has 2 N–H and O–H groups in total. The average Bonchev–Trinajstić information content (AvgIpc) is 3.93. The lowest BCUT2D eigenvalue weighted by molar-refractivity contribution is -0.209. The first kappa shape index (κ1) is 29.5. The first-order valence-corrected chi connectivity index (χ1v) is 14.9. The number of esters is 3. The van der Waals surface area contributed by atoms with Crippen LogP contribution in [0.25, 0.3) is 6.08 Å². The molecule has 0 aromatic heterocycles. The van der Waals surface area contributed by atoms with Gasteiger partial charge in [-0.05, 0) is 55.5 Å². The number of cyclic esters (lactones) is 1. The van der Waals surface area contributed by atoms with E-state index < -0.39 is 53.5 Å². The van der Waals surface area contributed by atoms with Crippen LogP contribution in [0.1, 0.15) is 61.9 Å². The van der Waals surface area contributed by atoms with E-state index in [2.05, 4.69) is 5.32 Å². The average molecular weight is 596 g/mol. The normalized spacial score (nSPS) is 29.0. The molecule has 0 spiro atoms. The number of ether oxygens (including phenoxy) is 5. The molecule has 1 aromatic rings. The number of benzene rings is 1. The first-order chi connectivity index (χ1) is 20.6. The predicted molar refractivity (Wildman–Crippen MR) is 150 cm³/mol. The van der Waals surface area contributed by atoms with Crippen molar-refractivity contribution in [3.63, 3.8) is 0 Å². The van der Waals surface area contributed by atoms with Crippen LogP contribution in [0.4, 0.5) is 0 Å². The fourth-order valence-electron chi connectivity index (χ4n) is 6.08. The van der Waals surface area contributed by atoms with Crippen LogP contribution in [0.3, 0.4) is 0 Å². The topological polar surface area (TPSA) is 147 Å². The number of aliphatic hydroxyl groups is 1. The Morgan fingerprint density at radius 3 is 2.49 bits per heavy atom. The molecular weight excluding hydrogens is 558 g/mol. The second kappa shape index (κ2) is 11.5. The third-order valence-electron chi connectivity index (χ3n) is 8.64. The van der Waals surface area contributed by atoms with E-state index in [9.17, 15) is 19.2 Å². The molecule has 2 saturated carbocycles. The van der Waals surface area contributed by atoms with Gasteiger partial charge in [0.1, 0.15) is 24.9 Å². The van der Waals surface area contributed by atoms with E-state index in [0.717, 1.165) is 25.7 Å². The minimum atomic E-state index is -0.990. The summed E-state index contributed by atoms with van der Waals surface area (Å²) in [7, 11) is 0. The summed E-state index contributed by atoms with van der Waals surface area (Å²) in [6.45, 7) is 3.65. The van der Waals surface area contributed by atoms with Gasteiger partial charge in [0.2, 0.25) is 12.0 Å². The fourth-order valence-corrected chi connectivity index (χ4v) is 6.08. The van der Waals surface area contributed by atoms with Gasteiger partial charge in [0.05, 0.1) is 12.2 Å². The zero-order chi connectivity index (χ0) is 30.4.